The second kappa shape index (κ2) is 7.12. The molecule has 0 radical (unpaired) electrons. The Hall–Kier alpha value is -1.79. The molecule has 0 saturated carbocycles. The molecule has 108 valence electrons. The lowest BCUT2D eigenvalue weighted by Crippen LogP contribution is -2.41. The van der Waals surface area contributed by atoms with Gasteiger partial charge in [-0.25, -0.2) is 4.79 Å². The molecule has 0 saturated heterocycles. The van der Waals surface area contributed by atoms with Crippen LogP contribution < -0.4 is 11.1 Å². The van der Waals surface area contributed by atoms with E-state index in [-0.39, 0.29) is 28.5 Å². The fourth-order valence-electron chi connectivity index (χ4n) is 1.42. The minimum atomic E-state index is -1.25. The maximum atomic E-state index is 11.9. The number of carboxylic acid groups (broad SMARTS) is 1. The van der Waals surface area contributed by atoms with Crippen LogP contribution in [0.1, 0.15) is 23.2 Å². The van der Waals surface area contributed by atoms with Crippen LogP contribution in [0, 0.1) is 0 Å². The SMILES string of the molecule is NC(=O)CC[C@@H](NC(=O)c1ccc(Cl)c(Cl)c1)C(=O)O. The number of carbonyl (C=O) groups is 3. The number of aliphatic carboxylic acids is 1. The normalized spacial score (nSPS) is 11.7. The summed E-state index contributed by atoms with van der Waals surface area (Å²) in [7, 11) is 0. The summed E-state index contributed by atoms with van der Waals surface area (Å²) < 4.78 is 0. The molecule has 1 rings (SSSR count). The molecule has 1 aromatic carbocycles. The summed E-state index contributed by atoms with van der Waals surface area (Å²) in [5.74, 6) is -2.51. The molecule has 20 heavy (non-hydrogen) atoms. The molecule has 4 N–H and O–H groups in total. The second-order valence-electron chi connectivity index (χ2n) is 4.00. The van der Waals surface area contributed by atoms with Gasteiger partial charge in [0.25, 0.3) is 5.91 Å². The van der Waals surface area contributed by atoms with Crippen molar-refractivity contribution in [1.82, 2.24) is 5.32 Å². The van der Waals surface area contributed by atoms with Crippen LogP contribution in [0.2, 0.25) is 10.0 Å². The van der Waals surface area contributed by atoms with E-state index in [1.165, 1.54) is 18.2 Å². The van der Waals surface area contributed by atoms with Crippen molar-refractivity contribution in [3.8, 4) is 0 Å². The molecule has 0 aliphatic carbocycles. The highest BCUT2D eigenvalue weighted by atomic mass is 35.5. The number of nitrogens with two attached hydrogens (primary N) is 1. The van der Waals surface area contributed by atoms with Gasteiger partial charge in [0.05, 0.1) is 10.0 Å². The first-order valence-electron chi connectivity index (χ1n) is 5.58. The number of halogens is 2. The van der Waals surface area contributed by atoms with Crippen LogP contribution in [0.5, 0.6) is 0 Å². The summed E-state index contributed by atoms with van der Waals surface area (Å²) in [5.41, 5.74) is 5.11. The van der Waals surface area contributed by atoms with Crippen LogP contribution in [-0.4, -0.2) is 28.9 Å². The molecule has 0 unspecified atom stereocenters. The molecule has 0 aromatic heterocycles. The van der Waals surface area contributed by atoms with Gasteiger partial charge in [-0.1, -0.05) is 23.2 Å². The Labute approximate surface area is 124 Å². The zero-order valence-electron chi connectivity index (χ0n) is 10.2. The molecular formula is C12H12Cl2N2O4. The molecule has 1 atom stereocenters. The highest BCUT2D eigenvalue weighted by Gasteiger charge is 2.21. The highest BCUT2D eigenvalue weighted by Crippen LogP contribution is 2.22. The van der Waals surface area contributed by atoms with E-state index in [4.69, 9.17) is 34.0 Å². The maximum Gasteiger partial charge on any atom is 0.326 e. The minimum absolute atomic E-state index is 0.0856. The number of carboxylic acids is 1. The standard InChI is InChI=1S/C12H12Cl2N2O4/c13-7-2-1-6(5-8(7)14)11(18)16-9(12(19)20)3-4-10(15)17/h1-2,5,9H,3-4H2,(H2,15,17)(H,16,18)(H,19,20)/t9-/m1/s1. The first kappa shape index (κ1) is 16.3. The van der Waals surface area contributed by atoms with Gasteiger partial charge >= 0.3 is 5.97 Å². The van der Waals surface area contributed by atoms with Gasteiger partial charge in [-0.05, 0) is 24.6 Å². The monoisotopic (exact) mass is 318 g/mol. The molecule has 2 amide bonds. The Morgan fingerprint density at radius 3 is 2.40 bits per heavy atom. The summed E-state index contributed by atoms with van der Waals surface area (Å²) in [6.07, 6.45) is -0.226. The Morgan fingerprint density at radius 2 is 1.90 bits per heavy atom. The number of hydrogen-bond acceptors (Lipinski definition) is 3. The van der Waals surface area contributed by atoms with Gasteiger partial charge < -0.3 is 16.2 Å². The third-order valence-corrected chi connectivity index (χ3v) is 3.20. The van der Waals surface area contributed by atoms with Crippen molar-refractivity contribution in [2.24, 2.45) is 5.73 Å². The summed E-state index contributed by atoms with van der Waals surface area (Å²) in [5, 5.41) is 11.7. The van der Waals surface area contributed by atoms with Crippen LogP contribution in [0.25, 0.3) is 0 Å². The van der Waals surface area contributed by atoms with Crippen molar-refractivity contribution in [1.29, 1.82) is 0 Å². The van der Waals surface area contributed by atoms with E-state index in [2.05, 4.69) is 5.32 Å². The second-order valence-corrected chi connectivity index (χ2v) is 4.81. The van der Waals surface area contributed by atoms with E-state index in [1.807, 2.05) is 0 Å². The number of benzene rings is 1. The smallest absolute Gasteiger partial charge is 0.326 e. The lowest BCUT2D eigenvalue weighted by Gasteiger charge is -2.14. The number of hydrogen-bond donors (Lipinski definition) is 3. The number of rotatable bonds is 6. The van der Waals surface area contributed by atoms with Crippen molar-refractivity contribution in [2.45, 2.75) is 18.9 Å². The average Bonchev–Trinajstić information content (AvgIpc) is 2.36. The number of amides is 2. The summed E-state index contributed by atoms with van der Waals surface area (Å²) in [4.78, 5) is 33.5. The zero-order valence-corrected chi connectivity index (χ0v) is 11.7. The van der Waals surface area contributed by atoms with E-state index in [0.29, 0.717) is 0 Å². The molecule has 0 spiro atoms. The van der Waals surface area contributed by atoms with Gasteiger partial charge in [0.15, 0.2) is 0 Å². The number of primary amides is 1. The molecule has 0 fully saturated rings. The molecule has 0 bridgehead atoms. The Balaban J connectivity index is 2.77. The molecule has 8 heteroatoms. The van der Waals surface area contributed by atoms with Gasteiger partial charge in [-0.15, -0.1) is 0 Å². The number of nitrogens with one attached hydrogen (secondary N) is 1. The molecule has 0 heterocycles. The highest BCUT2D eigenvalue weighted by molar-refractivity contribution is 6.42. The van der Waals surface area contributed by atoms with Gasteiger partial charge in [0.2, 0.25) is 5.91 Å². The molecule has 0 aliphatic heterocycles. The Morgan fingerprint density at radius 1 is 1.25 bits per heavy atom. The largest absolute Gasteiger partial charge is 0.480 e. The quantitative estimate of drug-likeness (QED) is 0.737. The molecule has 0 aliphatic rings. The molecule has 1 aromatic rings. The predicted octanol–water partition coefficient (Wildman–Crippen LogP) is 1.44. The van der Waals surface area contributed by atoms with E-state index < -0.39 is 23.8 Å². The van der Waals surface area contributed by atoms with Crippen molar-refractivity contribution in [2.75, 3.05) is 0 Å². The van der Waals surface area contributed by atoms with Crippen LogP contribution in [0.15, 0.2) is 18.2 Å². The first-order chi connectivity index (χ1) is 9.31. The third-order valence-electron chi connectivity index (χ3n) is 2.46. The van der Waals surface area contributed by atoms with Gasteiger partial charge in [0.1, 0.15) is 6.04 Å². The summed E-state index contributed by atoms with van der Waals surface area (Å²) >= 11 is 11.5. The minimum Gasteiger partial charge on any atom is -0.480 e. The van der Waals surface area contributed by atoms with Crippen molar-refractivity contribution in [3.63, 3.8) is 0 Å². The average molecular weight is 319 g/mol. The predicted molar refractivity (Wildman–Crippen MR) is 73.8 cm³/mol. The van der Waals surface area contributed by atoms with Crippen molar-refractivity contribution in [3.05, 3.63) is 33.8 Å². The molecule has 6 nitrogen and oxygen atoms in total. The van der Waals surface area contributed by atoms with Crippen LogP contribution >= 0.6 is 23.2 Å². The lowest BCUT2D eigenvalue weighted by molar-refractivity contribution is -0.139. The van der Waals surface area contributed by atoms with Gasteiger partial charge in [-0.2, -0.15) is 0 Å². The van der Waals surface area contributed by atoms with Gasteiger partial charge in [0, 0.05) is 12.0 Å². The van der Waals surface area contributed by atoms with Crippen molar-refractivity contribution < 1.29 is 19.5 Å². The fourth-order valence-corrected chi connectivity index (χ4v) is 1.72. The number of carbonyl (C=O) groups excluding carboxylic acids is 2. The maximum absolute atomic E-state index is 11.9. The van der Waals surface area contributed by atoms with Crippen molar-refractivity contribution >= 4 is 41.0 Å². The van der Waals surface area contributed by atoms with E-state index in [1.54, 1.807) is 0 Å². The van der Waals surface area contributed by atoms with E-state index in [0.717, 1.165) is 0 Å². The fraction of sp³-hybridized carbons (Fsp3) is 0.250. The third kappa shape index (κ3) is 4.71. The molecular weight excluding hydrogens is 307 g/mol. The van der Waals surface area contributed by atoms with E-state index in [9.17, 15) is 14.4 Å². The Kier molecular flexibility index (Phi) is 5.79. The lowest BCUT2D eigenvalue weighted by atomic mass is 10.1. The topological polar surface area (TPSA) is 109 Å². The summed E-state index contributed by atoms with van der Waals surface area (Å²) in [6.45, 7) is 0. The van der Waals surface area contributed by atoms with Gasteiger partial charge in [-0.3, -0.25) is 9.59 Å². The van der Waals surface area contributed by atoms with E-state index >= 15 is 0 Å². The van der Waals surface area contributed by atoms with Crippen LogP contribution in [0.4, 0.5) is 0 Å². The van der Waals surface area contributed by atoms with Crippen LogP contribution in [0.3, 0.4) is 0 Å². The Bertz CT molecular complexity index is 548. The zero-order chi connectivity index (χ0) is 15.3. The summed E-state index contributed by atoms with van der Waals surface area (Å²) in [6, 6.07) is 2.96. The first-order valence-corrected chi connectivity index (χ1v) is 6.34. The van der Waals surface area contributed by atoms with Crippen LogP contribution in [-0.2, 0) is 9.59 Å².